The smallest absolute Gasteiger partial charge is 0.0912 e. The van der Waals surface area contributed by atoms with Gasteiger partial charge in [-0.15, -0.1) is 0 Å². The van der Waals surface area contributed by atoms with E-state index in [2.05, 4.69) is 5.10 Å². The summed E-state index contributed by atoms with van der Waals surface area (Å²) in [7, 11) is 0. The third-order valence-corrected chi connectivity index (χ3v) is 2.03. The van der Waals surface area contributed by atoms with Crippen LogP contribution in [0.15, 0.2) is 48.8 Å². The van der Waals surface area contributed by atoms with Crippen molar-refractivity contribution in [2.24, 2.45) is 0 Å². The first-order valence-electron chi connectivity index (χ1n) is 4.57. The molecule has 0 spiro atoms. The van der Waals surface area contributed by atoms with E-state index in [1.54, 1.807) is 17.0 Å². The van der Waals surface area contributed by atoms with Gasteiger partial charge in [-0.1, -0.05) is 18.2 Å². The van der Waals surface area contributed by atoms with Crippen molar-refractivity contribution in [1.82, 2.24) is 9.78 Å². The SMILES string of the molecule is N#C/C=C/c1ccccc1-n1cccn1. The number of rotatable bonds is 2. The van der Waals surface area contributed by atoms with Crippen LogP contribution in [0.5, 0.6) is 0 Å². The molecule has 0 saturated carbocycles. The summed E-state index contributed by atoms with van der Waals surface area (Å²) < 4.78 is 1.77. The van der Waals surface area contributed by atoms with Gasteiger partial charge in [-0.3, -0.25) is 0 Å². The standard InChI is InChI=1S/C12H9N3/c13-8-3-6-11-5-1-2-7-12(11)15-10-4-9-14-15/h1-7,9-10H/b6-3+. The quantitative estimate of drug-likeness (QED) is 0.690. The zero-order valence-corrected chi connectivity index (χ0v) is 8.04. The van der Waals surface area contributed by atoms with Crippen molar-refractivity contribution in [2.45, 2.75) is 0 Å². The Morgan fingerprint density at radius 1 is 1.27 bits per heavy atom. The number of aromatic nitrogens is 2. The summed E-state index contributed by atoms with van der Waals surface area (Å²) in [4.78, 5) is 0. The van der Waals surface area contributed by atoms with E-state index in [0.29, 0.717) is 0 Å². The molecule has 72 valence electrons. The Kier molecular flexibility index (Phi) is 2.61. The van der Waals surface area contributed by atoms with Gasteiger partial charge in [0.1, 0.15) is 0 Å². The van der Waals surface area contributed by atoms with Gasteiger partial charge in [0, 0.05) is 24.0 Å². The molecule has 0 aliphatic heterocycles. The minimum atomic E-state index is 0.967. The van der Waals surface area contributed by atoms with E-state index in [0.717, 1.165) is 11.3 Å². The second-order valence-electron chi connectivity index (χ2n) is 2.97. The maximum absolute atomic E-state index is 8.49. The fourth-order valence-corrected chi connectivity index (χ4v) is 1.38. The van der Waals surface area contributed by atoms with E-state index < -0.39 is 0 Å². The molecule has 0 aliphatic rings. The van der Waals surface area contributed by atoms with Crippen LogP contribution in [0.4, 0.5) is 0 Å². The molecule has 0 radical (unpaired) electrons. The van der Waals surface area contributed by atoms with E-state index in [1.165, 1.54) is 6.08 Å². The van der Waals surface area contributed by atoms with Gasteiger partial charge in [0.15, 0.2) is 0 Å². The van der Waals surface area contributed by atoms with Gasteiger partial charge in [-0.2, -0.15) is 10.4 Å². The molecular weight excluding hydrogens is 186 g/mol. The second-order valence-corrected chi connectivity index (χ2v) is 2.97. The number of benzene rings is 1. The van der Waals surface area contributed by atoms with Crippen molar-refractivity contribution in [3.63, 3.8) is 0 Å². The van der Waals surface area contributed by atoms with Crippen LogP contribution in [0.3, 0.4) is 0 Å². The molecule has 0 bridgehead atoms. The highest BCUT2D eigenvalue weighted by atomic mass is 15.3. The largest absolute Gasteiger partial charge is 0.240 e. The lowest BCUT2D eigenvalue weighted by atomic mass is 10.1. The average Bonchev–Trinajstić information content (AvgIpc) is 2.80. The molecule has 2 rings (SSSR count). The van der Waals surface area contributed by atoms with Gasteiger partial charge < -0.3 is 0 Å². The van der Waals surface area contributed by atoms with Crippen molar-refractivity contribution in [3.05, 3.63) is 54.4 Å². The molecule has 3 heteroatoms. The Hall–Kier alpha value is -2.34. The number of para-hydroxylation sites is 1. The molecule has 0 saturated heterocycles. The number of nitrogens with zero attached hydrogens (tertiary/aromatic N) is 3. The monoisotopic (exact) mass is 195 g/mol. The van der Waals surface area contributed by atoms with Crippen molar-refractivity contribution in [1.29, 1.82) is 5.26 Å². The lowest BCUT2D eigenvalue weighted by Gasteiger charge is -2.04. The summed E-state index contributed by atoms with van der Waals surface area (Å²) in [6.45, 7) is 0. The van der Waals surface area contributed by atoms with Crippen molar-refractivity contribution >= 4 is 6.08 Å². The third-order valence-electron chi connectivity index (χ3n) is 2.03. The van der Waals surface area contributed by atoms with Gasteiger partial charge in [-0.25, -0.2) is 4.68 Å². The highest BCUT2D eigenvalue weighted by Crippen LogP contribution is 2.14. The fourth-order valence-electron chi connectivity index (χ4n) is 1.38. The summed E-state index contributed by atoms with van der Waals surface area (Å²) in [5, 5.41) is 12.6. The Balaban J connectivity index is 2.48. The molecular formula is C12H9N3. The first-order chi connectivity index (χ1) is 7.42. The first-order valence-corrected chi connectivity index (χ1v) is 4.57. The fraction of sp³-hybridized carbons (Fsp3) is 0. The third kappa shape index (κ3) is 1.94. The van der Waals surface area contributed by atoms with E-state index in [-0.39, 0.29) is 0 Å². The van der Waals surface area contributed by atoms with Gasteiger partial charge in [0.25, 0.3) is 0 Å². The van der Waals surface area contributed by atoms with Crippen LogP contribution in [0, 0.1) is 11.3 Å². The van der Waals surface area contributed by atoms with E-state index >= 15 is 0 Å². The summed E-state index contributed by atoms with van der Waals surface area (Å²) in [6.07, 6.45) is 6.84. The highest BCUT2D eigenvalue weighted by molar-refractivity contribution is 5.61. The Labute approximate surface area is 87.9 Å². The van der Waals surface area contributed by atoms with Crippen molar-refractivity contribution < 1.29 is 0 Å². The number of hydrogen-bond donors (Lipinski definition) is 0. The Morgan fingerprint density at radius 3 is 2.87 bits per heavy atom. The molecule has 0 aliphatic carbocycles. The minimum absolute atomic E-state index is 0.967. The lowest BCUT2D eigenvalue weighted by Crippen LogP contribution is -1.96. The summed E-state index contributed by atoms with van der Waals surface area (Å²) >= 11 is 0. The summed E-state index contributed by atoms with van der Waals surface area (Å²) in [5.41, 5.74) is 1.94. The van der Waals surface area contributed by atoms with Gasteiger partial charge in [0.05, 0.1) is 11.8 Å². The van der Waals surface area contributed by atoms with Crippen LogP contribution in [0.1, 0.15) is 5.56 Å². The molecule has 1 heterocycles. The molecule has 1 aromatic heterocycles. The van der Waals surface area contributed by atoms with Crippen LogP contribution in [0.2, 0.25) is 0 Å². The molecule has 0 fully saturated rings. The van der Waals surface area contributed by atoms with Gasteiger partial charge >= 0.3 is 0 Å². The molecule has 3 nitrogen and oxygen atoms in total. The van der Waals surface area contributed by atoms with Crippen LogP contribution >= 0.6 is 0 Å². The average molecular weight is 195 g/mol. The number of nitriles is 1. The lowest BCUT2D eigenvalue weighted by molar-refractivity contribution is 0.878. The van der Waals surface area contributed by atoms with Crippen molar-refractivity contribution in [2.75, 3.05) is 0 Å². The molecule has 0 N–H and O–H groups in total. The van der Waals surface area contributed by atoms with E-state index in [1.807, 2.05) is 42.6 Å². The molecule has 15 heavy (non-hydrogen) atoms. The maximum atomic E-state index is 8.49. The number of allylic oxidation sites excluding steroid dienone is 1. The first kappa shape index (κ1) is 9.22. The molecule has 0 unspecified atom stereocenters. The molecule has 0 amide bonds. The molecule has 2 aromatic rings. The van der Waals surface area contributed by atoms with Crippen LogP contribution in [-0.2, 0) is 0 Å². The zero-order chi connectivity index (χ0) is 10.5. The summed E-state index contributed by atoms with van der Waals surface area (Å²) in [6, 6.07) is 11.6. The highest BCUT2D eigenvalue weighted by Gasteiger charge is 1.99. The van der Waals surface area contributed by atoms with E-state index in [4.69, 9.17) is 5.26 Å². The van der Waals surface area contributed by atoms with E-state index in [9.17, 15) is 0 Å². The minimum Gasteiger partial charge on any atom is -0.240 e. The maximum Gasteiger partial charge on any atom is 0.0912 e. The Bertz CT molecular complexity index is 504. The zero-order valence-electron chi connectivity index (χ0n) is 8.04. The van der Waals surface area contributed by atoms with Crippen LogP contribution in [0.25, 0.3) is 11.8 Å². The van der Waals surface area contributed by atoms with Crippen molar-refractivity contribution in [3.8, 4) is 11.8 Å². The van der Waals surface area contributed by atoms with Gasteiger partial charge in [-0.05, 0) is 18.2 Å². The number of hydrogen-bond acceptors (Lipinski definition) is 2. The molecule has 0 atom stereocenters. The predicted octanol–water partition coefficient (Wildman–Crippen LogP) is 2.41. The van der Waals surface area contributed by atoms with Crippen LogP contribution in [-0.4, -0.2) is 9.78 Å². The van der Waals surface area contributed by atoms with Crippen LogP contribution < -0.4 is 0 Å². The second kappa shape index (κ2) is 4.25. The molecule has 1 aromatic carbocycles. The normalized spacial score (nSPS) is 10.3. The Morgan fingerprint density at radius 2 is 2.13 bits per heavy atom. The van der Waals surface area contributed by atoms with Gasteiger partial charge in [0.2, 0.25) is 0 Å². The predicted molar refractivity (Wildman–Crippen MR) is 58.2 cm³/mol. The summed E-state index contributed by atoms with van der Waals surface area (Å²) in [5.74, 6) is 0. The topological polar surface area (TPSA) is 41.6 Å².